The summed E-state index contributed by atoms with van der Waals surface area (Å²) < 4.78 is 10.2. The molecule has 2 heterocycles. The predicted molar refractivity (Wildman–Crippen MR) is 103 cm³/mol. The summed E-state index contributed by atoms with van der Waals surface area (Å²) in [6.45, 7) is 1.36. The highest BCUT2D eigenvalue weighted by atomic mass is 32.2. The lowest BCUT2D eigenvalue weighted by Crippen LogP contribution is -2.80. The Labute approximate surface area is 175 Å². The van der Waals surface area contributed by atoms with Crippen molar-refractivity contribution in [1.29, 1.82) is 0 Å². The number of carbonyl (C=O) groups is 5. The summed E-state index contributed by atoms with van der Waals surface area (Å²) >= 11 is 0.880. The first-order valence-electron chi connectivity index (χ1n) is 8.71. The molecule has 0 spiro atoms. The van der Waals surface area contributed by atoms with E-state index in [-0.39, 0.29) is 12.0 Å². The monoisotopic (exact) mass is 434 g/mol. The third kappa shape index (κ3) is 3.46. The minimum Gasteiger partial charge on any atom is -0.478 e. The zero-order valence-electron chi connectivity index (χ0n) is 15.9. The molecule has 0 aliphatic carbocycles. The number of thioether (sulfide) groups is 1. The first kappa shape index (κ1) is 21.5. The number of rotatable bonds is 8. The smallest absolute Gasteiger partial charge is 0.334 e. The van der Waals surface area contributed by atoms with E-state index in [0.717, 1.165) is 22.9 Å². The van der Waals surface area contributed by atoms with Crippen LogP contribution in [0.3, 0.4) is 0 Å². The van der Waals surface area contributed by atoms with Crippen molar-refractivity contribution in [2.75, 3.05) is 7.11 Å². The Bertz CT molecular complexity index is 934. The van der Waals surface area contributed by atoms with Crippen LogP contribution in [-0.2, 0) is 33.4 Å². The fourth-order valence-electron chi connectivity index (χ4n) is 3.30. The first-order valence-corrected chi connectivity index (χ1v) is 9.66. The van der Waals surface area contributed by atoms with Gasteiger partial charge in [-0.15, -0.1) is 11.8 Å². The number of carboxylic acid groups (broad SMARTS) is 1. The van der Waals surface area contributed by atoms with Crippen molar-refractivity contribution in [2.45, 2.75) is 29.4 Å². The van der Waals surface area contributed by atoms with Crippen molar-refractivity contribution in [1.82, 2.24) is 10.2 Å². The topological polar surface area (TPSA) is 139 Å². The molecule has 2 aliphatic rings. The molecular formula is C19H18N2O8S. The molecule has 2 aliphatic heterocycles. The van der Waals surface area contributed by atoms with Crippen LogP contribution in [0.1, 0.15) is 18.6 Å². The Morgan fingerprint density at radius 3 is 2.50 bits per heavy atom. The van der Waals surface area contributed by atoms with Crippen LogP contribution in [0.15, 0.2) is 42.1 Å². The van der Waals surface area contributed by atoms with Gasteiger partial charge in [0.05, 0.1) is 10.8 Å². The zero-order chi connectivity index (χ0) is 22.1. The molecule has 11 heteroatoms. The number of fused-ring (bicyclic) bond motifs is 1. The van der Waals surface area contributed by atoms with Crippen LogP contribution in [-0.4, -0.2) is 63.5 Å². The van der Waals surface area contributed by atoms with E-state index >= 15 is 0 Å². The van der Waals surface area contributed by atoms with Gasteiger partial charge in [-0.1, -0.05) is 30.3 Å². The average molecular weight is 434 g/mol. The van der Waals surface area contributed by atoms with Gasteiger partial charge in [0.15, 0.2) is 0 Å². The minimum atomic E-state index is -1.85. The van der Waals surface area contributed by atoms with Crippen LogP contribution in [0.5, 0.6) is 0 Å². The van der Waals surface area contributed by atoms with E-state index in [1.807, 2.05) is 0 Å². The second kappa shape index (κ2) is 8.28. The van der Waals surface area contributed by atoms with Crippen molar-refractivity contribution >= 4 is 41.8 Å². The fraction of sp³-hybridized carbons (Fsp3) is 0.316. The number of nitrogens with one attached hydrogen (secondary N) is 1. The van der Waals surface area contributed by atoms with Gasteiger partial charge in [-0.05, 0) is 6.92 Å². The maximum Gasteiger partial charge on any atom is 0.334 e. The standard InChI is InChI=1S/C19H18N2O8S/c1-10(23)14-12(16(25)26)8-21-17(27)19(28-2,18(21)30-14)20-15(24)13(29-9-22)11-6-4-3-5-7-11/h3-9,13-14,18H,1-2H3,(H,20,24)(H,25,26)/t13?,14?,18-,19?/m1/s1. The van der Waals surface area contributed by atoms with E-state index in [1.165, 1.54) is 14.0 Å². The van der Waals surface area contributed by atoms with Crippen LogP contribution < -0.4 is 5.32 Å². The van der Waals surface area contributed by atoms with E-state index in [1.54, 1.807) is 30.3 Å². The van der Waals surface area contributed by atoms with Gasteiger partial charge in [-0.2, -0.15) is 0 Å². The van der Waals surface area contributed by atoms with Crippen LogP contribution in [0.4, 0.5) is 0 Å². The molecule has 10 nitrogen and oxygen atoms in total. The van der Waals surface area contributed by atoms with Gasteiger partial charge in [0, 0.05) is 18.9 Å². The summed E-state index contributed by atoms with van der Waals surface area (Å²) in [6.07, 6.45) is -0.252. The van der Waals surface area contributed by atoms with Crippen molar-refractivity contribution in [3.63, 3.8) is 0 Å². The summed E-state index contributed by atoms with van der Waals surface area (Å²) in [4.78, 5) is 61.1. The number of aliphatic carboxylic acids is 1. The SMILES string of the molecule is COC1(NC(=O)C(OC=O)c2ccccc2)C(=O)N2C=C(C(=O)O)C(C(C)=O)S[C@@H]21. The molecule has 158 valence electrons. The number of methoxy groups -OCH3 is 1. The van der Waals surface area contributed by atoms with Gasteiger partial charge in [0.1, 0.15) is 11.2 Å². The molecule has 0 radical (unpaired) electrons. The van der Waals surface area contributed by atoms with Crippen molar-refractivity contribution in [3.05, 3.63) is 47.7 Å². The van der Waals surface area contributed by atoms with E-state index < -0.39 is 46.0 Å². The number of hydrogen-bond donors (Lipinski definition) is 2. The molecule has 2 amide bonds. The Morgan fingerprint density at radius 2 is 1.97 bits per heavy atom. The third-order valence-corrected chi connectivity index (χ3v) is 6.43. The van der Waals surface area contributed by atoms with Crippen molar-refractivity contribution in [2.24, 2.45) is 0 Å². The van der Waals surface area contributed by atoms with Crippen LogP contribution in [0.2, 0.25) is 0 Å². The van der Waals surface area contributed by atoms with Crippen LogP contribution in [0, 0.1) is 0 Å². The maximum atomic E-state index is 12.9. The van der Waals surface area contributed by atoms with Gasteiger partial charge < -0.3 is 19.9 Å². The number of β-lactam (4-membered cyclic amide) rings is 1. The molecule has 3 unspecified atom stereocenters. The summed E-state index contributed by atoms with van der Waals surface area (Å²) in [5.74, 6) is -3.27. The Kier molecular flexibility index (Phi) is 5.94. The predicted octanol–water partition coefficient (Wildman–Crippen LogP) is 0.201. The molecule has 0 aromatic heterocycles. The lowest BCUT2D eigenvalue weighted by molar-refractivity contribution is -0.191. The highest BCUT2D eigenvalue weighted by Crippen LogP contribution is 2.47. The maximum absolute atomic E-state index is 12.9. The van der Waals surface area contributed by atoms with Gasteiger partial charge in [-0.25, -0.2) is 4.79 Å². The molecule has 0 saturated carbocycles. The summed E-state index contributed by atoms with van der Waals surface area (Å²) in [6, 6.07) is 8.17. The number of ketones is 1. The number of benzene rings is 1. The highest BCUT2D eigenvalue weighted by molar-refractivity contribution is 8.01. The van der Waals surface area contributed by atoms with Crippen LogP contribution >= 0.6 is 11.8 Å². The number of Topliss-reactive ketones (excluding diaryl/α,β-unsaturated/α-hetero) is 1. The fourth-order valence-corrected chi connectivity index (χ4v) is 4.79. The normalized spacial score (nSPS) is 25.9. The number of ether oxygens (including phenoxy) is 2. The molecule has 3 rings (SSSR count). The van der Waals surface area contributed by atoms with Crippen LogP contribution in [0.25, 0.3) is 0 Å². The second-order valence-corrected chi connectivity index (χ2v) is 7.72. The van der Waals surface area contributed by atoms with Gasteiger partial charge in [-0.3, -0.25) is 24.1 Å². The second-order valence-electron chi connectivity index (χ2n) is 6.53. The van der Waals surface area contributed by atoms with E-state index in [2.05, 4.69) is 5.32 Å². The van der Waals surface area contributed by atoms with Gasteiger partial charge >= 0.3 is 5.97 Å². The Balaban J connectivity index is 1.90. The summed E-state index contributed by atoms with van der Waals surface area (Å²) in [5.41, 5.74) is -1.71. The summed E-state index contributed by atoms with van der Waals surface area (Å²) in [7, 11) is 1.20. The van der Waals surface area contributed by atoms with Crippen molar-refractivity contribution in [3.8, 4) is 0 Å². The Hall–Kier alpha value is -3.18. The number of hydrogen-bond acceptors (Lipinski definition) is 8. The minimum absolute atomic E-state index is 0.120. The van der Waals surface area contributed by atoms with E-state index in [0.29, 0.717) is 5.56 Å². The molecule has 30 heavy (non-hydrogen) atoms. The molecule has 2 N–H and O–H groups in total. The zero-order valence-corrected chi connectivity index (χ0v) is 16.8. The van der Waals surface area contributed by atoms with Gasteiger partial charge in [0.25, 0.3) is 24.0 Å². The van der Waals surface area contributed by atoms with E-state index in [4.69, 9.17) is 9.47 Å². The number of nitrogens with zero attached hydrogens (tertiary/aromatic N) is 1. The molecule has 4 atom stereocenters. The lowest BCUT2D eigenvalue weighted by Gasteiger charge is -2.55. The number of carboxylic acids is 1. The average Bonchev–Trinajstić information content (AvgIpc) is 2.74. The number of carbonyl (C=O) groups excluding carboxylic acids is 4. The first-order chi connectivity index (χ1) is 14.3. The van der Waals surface area contributed by atoms with Crippen molar-refractivity contribution < 1.29 is 38.6 Å². The summed E-state index contributed by atoms with van der Waals surface area (Å²) in [5, 5.41) is 9.88. The molecule has 1 aromatic rings. The molecule has 0 bridgehead atoms. The lowest BCUT2D eigenvalue weighted by atomic mass is 9.99. The molecule has 1 saturated heterocycles. The highest BCUT2D eigenvalue weighted by Gasteiger charge is 2.66. The molecule has 1 fully saturated rings. The molecule has 1 aromatic carbocycles. The third-order valence-electron chi connectivity index (χ3n) is 4.76. The van der Waals surface area contributed by atoms with Gasteiger partial charge in [0.2, 0.25) is 6.10 Å². The quantitative estimate of drug-likeness (QED) is 0.334. The molecular weight excluding hydrogens is 416 g/mol. The number of amides is 2. The largest absolute Gasteiger partial charge is 0.478 e. The van der Waals surface area contributed by atoms with E-state index in [9.17, 15) is 29.1 Å². The Morgan fingerprint density at radius 1 is 1.30 bits per heavy atom.